The summed E-state index contributed by atoms with van der Waals surface area (Å²) in [5.41, 5.74) is 1.24. The number of hydrogen-bond acceptors (Lipinski definition) is 5. The summed E-state index contributed by atoms with van der Waals surface area (Å²) in [5.74, 6) is 0.159. The predicted molar refractivity (Wildman–Crippen MR) is 98.3 cm³/mol. The summed E-state index contributed by atoms with van der Waals surface area (Å²) < 4.78 is 5.37. The molecular weight excluding hydrogens is 332 g/mol. The van der Waals surface area contributed by atoms with Crippen molar-refractivity contribution >= 4 is 5.91 Å². The van der Waals surface area contributed by atoms with Gasteiger partial charge in [-0.25, -0.2) is 4.79 Å². The molecule has 0 radical (unpaired) electrons. The molecule has 0 unspecified atom stereocenters. The van der Waals surface area contributed by atoms with Crippen molar-refractivity contribution in [2.45, 2.75) is 38.3 Å². The third-order valence-electron chi connectivity index (χ3n) is 4.71. The summed E-state index contributed by atoms with van der Waals surface area (Å²) in [5, 5.41) is 15.1. The molecule has 0 spiro atoms. The van der Waals surface area contributed by atoms with E-state index in [1.165, 1.54) is 5.56 Å². The molecule has 1 saturated heterocycles. The normalized spacial score (nSPS) is 19.5. The molecule has 2 aromatic rings. The molecule has 0 saturated carbocycles. The first kappa shape index (κ1) is 18.4. The molecule has 1 aliphatic rings. The molecule has 6 nitrogen and oxygen atoms in total. The zero-order valence-corrected chi connectivity index (χ0v) is 14.8. The maximum atomic E-state index is 12.5. The lowest BCUT2D eigenvalue weighted by atomic mass is 10.1. The van der Waals surface area contributed by atoms with Crippen molar-refractivity contribution in [3.63, 3.8) is 0 Å². The molecule has 1 fully saturated rings. The van der Waals surface area contributed by atoms with Gasteiger partial charge in [0, 0.05) is 25.0 Å². The number of amides is 1. The van der Waals surface area contributed by atoms with Crippen LogP contribution in [0.3, 0.4) is 0 Å². The number of aliphatic hydroxyl groups excluding tert-OH is 1. The van der Waals surface area contributed by atoms with Crippen LogP contribution in [0.4, 0.5) is 0 Å². The third kappa shape index (κ3) is 4.39. The first-order valence-corrected chi connectivity index (χ1v) is 8.89. The maximum absolute atomic E-state index is 12.5. The SMILES string of the molecule is Cc1cc(CCc2ccccc2)oc(=O)c1C(=O)N[C@@H]1CN[C@@H](CO)C1. The smallest absolute Gasteiger partial charge is 0.349 e. The molecule has 1 amide bonds. The van der Waals surface area contributed by atoms with Crippen LogP contribution in [-0.4, -0.2) is 36.2 Å². The largest absolute Gasteiger partial charge is 0.427 e. The molecule has 26 heavy (non-hydrogen) atoms. The molecule has 2 atom stereocenters. The van der Waals surface area contributed by atoms with Crippen LogP contribution >= 0.6 is 0 Å². The molecule has 1 aliphatic heterocycles. The van der Waals surface area contributed by atoms with Gasteiger partial charge in [0.1, 0.15) is 11.3 Å². The minimum Gasteiger partial charge on any atom is -0.427 e. The van der Waals surface area contributed by atoms with Gasteiger partial charge in [0.25, 0.3) is 5.91 Å². The monoisotopic (exact) mass is 356 g/mol. The van der Waals surface area contributed by atoms with Gasteiger partial charge in [-0.3, -0.25) is 4.79 Å². The first-order chi connectivity index (χ1) is 12.6. The fourth-order valence-corrected chi connectivity index (χ4v) is 3.31. The molecule has 1 aromatic heterocycles. The minimum absolute atomic E-state index is 0.0156. The predicted octanol–water partition coefficient (Wildman–Crippen LogP) is 1.19. The fourth-order valence-electron chi connectivity index (χ4n) is 3.31. The van der Waals surface area contributed by atoms with E-state index in [4.69, 9.17) is 9.52 Å². The summed E-state index contributed by atoms with van der Waals surface area (Å²) in [4.78, 5) is 24.8. The van der Waals surface area contributed by atoms with Gasteiger partial charge in [0.05, 0.1) is 6.61 Å². The van der Waals surface area contributed by atoms with Gasteiger partial charge in [-0.15, -0.1) is 0 Å². The van der Waals surface area contributed by atoms with E-state index in [0.29, 0.717) is 30.7 Å². The van der Waals surface area contributed by atoms with Crippen LogP contribution in [0.5, 0.6) is 0 Å². The average molecular weight is 356 g/mol. The Hall–Kier alpha value is -2.44. The maximum Gasteiger partial charge on any atom is 0.349 e. The van der Waals surface area contributed by atoms with E-state index in [1.54, 1.807) is 13.0 Å². The second kappa shape index (κ2) is 8.29. The number of nitrogens with one attached hydrogen (secondary N) is 2. The summed E-state index contributed by atoms with van der Waals surface area (Å²) in [6.45, 7) is 2.36. The standard InChI is InChI=1S/C20H24N2O4/c1-13-9-17(8-7-14-5-3-2-4-6-14)26-20(25)18(13)19(24)22-15-10-16(12-23)21-11-15/h2-6,9,15-16,21,23H,7-8,10-12H2,1H3,(H,22,24)/t15-,16+/m0/s1. The van der Waals surface area contributed by atoms with E-state index < -0.39 is 11.5 Å². The van der Waals surface area contributed by atoms with Crippen molar-refractivity contribution in [3.05, 3.63) is 69.3 Å². The Morgan fingerprint density at radius 3 is 2.73 bits per heavy atom. The van der Waals surface area contributed by atoms with Crippen molar-refractivity contribution in [2.75, 3.05) is 13.2 Å². The lowest BCUT2D eigenvalue weighted by Gasteiger charge is -2.13. The van der Waals surface area contributed by atoms with Crippen molar-refractivity contribution in [1.82, 2.24) is 10.6 Å². The quantitative estimate of drug-likeness (QED) is 0.723. The summed E-state index contributed by atoms with van der Waals surface area (Å²) in [6.07, 6.45) is 2.01. The zero-order chi connectivity index (χ0) is 18.5. The number of benzene rings is 1. The fraction of sp³-hybridized carbons (Fsp3) is 0.400. The Labute approximate surface area is 152 Å². The summed E-state index contributed by atoms with van der Waals surface area (Å²) in [6, 6.07) is 11.6. The van der Waals surface area contributed by atoms with E-state index in [0.717, 1.165) is 6.42 Å². The topological polar surface area (TPSA) is 91.6 Å². The molecule has 0 bridgehead atoms. The minimum atomic E-state index is -0.602. The van der Waals surface area contributed by atoms with Crippen LogP contribution < -0.4 is 16.3 Å². The average Bonchev–Trinajstić information content (AvgIpc) is 3.08. The first-order valence-electron chi connectivity index (χ1n) is 8.89. The number of carbonyl (C=O) groups is 1. The molecule has 6 heteroatoms. The number of rotatable bonds is 6. The number of hydrogen-bond donors (Lipinski definition) is 3. The van der Waals surface area contributed by atoms with Crippen LogP contribution in [0.1, 0.15) is 33.7 Å². The van der Waals surface area contributed by atoms with Gasteiger partial charge in [-0.05, 0) is 37.0 Å². The molecule has 1 aromatic carbocycles. The lowest BCUT2D eigenvalue weighted by Crippen LogP contribution is -2.38. The summed E-state index contributed by atoms with van der Waals surface area (Å²) in [7, 11) is 0. The van der Waals surface area contributed by atoms with Crippen LogP contribution in [0.25, 0.3) is 0 Å². The molecular formula is C20H24N2O4. The lowest BCUT2D eigenvalue weighted by molar-refractivity contribution is 0.0934. The highest BCUT2D eigenvalue weighted by molar-refractivity contribution is 5.95. The van der Waals surface area contributed by atoms with Crippen molar-refractivity contribution in [2.24, 2.45) is 0 Å². The number of carbonyl (C=O) groups excluding carboxylic acids is 1. The van der Waals surface area contributed by atoms with E-state index >= 15 is 0 Å². The van der Waals surface area contributed by atoms with E-state index in [-0.39, 0.29) is 24.3 Å². The number of aryl methyl sites for hydroxylation is 3. The van der Waals surface area contributed by atoms with Gasteiger partial charge in [0.2, 0.25) is 0 Å². The van der Waals surface area contributed by atoms with Crippen LogP contribution in [0.2, 0.25) is 0 Å². The van der Waals surface area contributed by atoms with Gasteiger partial charge < -0.3 is 20.2 Å². The van der Waals surface area contributed by atoms with Crippen molar-refractivity contribution in [1.29, 1.82) is 0 Å². The van der Waals surface area contributed by atoms with E-state index in [2.05, 4.69) is 10.6 Å². The molecule has 2 heterocycles. The molecule has 0 aliphatic carbocycles. The summed E-state index contributed by atoms with van der Waals surface area (Å²) >= 11 is 0. The van der Waals surface area contributed by atoms with Crippen LogP contribution in [0.15, 0.2) is 45.6 Å². The Morgan fingerprint density at radius 2 is 2.08 bits per heavy atom. The van der Waals surface area contributed by atoms with E-state index in [9.17, 15) is 9.59 Å². The highest BCUT2D eigenvalue weighted by Crippen LogP contribution is 2.12. The highest BCUT2D eigenvalue weighted by atomic mass is 16.4. The Morgan fingerprint density at radius 1 is 1.31 bits per heavy atom. The second-order valence-electron chi connectivity index (χ2n) is 6.74. The Balaban J connectivity index is 1.67. The van der Waals surface area contributed by atoms with Gasteiger partial charge in [-0.2, -0.15) is 0 Å². The zero-order valence-electron chi connectivity index (χ0n) is 14.8. The van der Waals surface area contributed by atoms with Crippen molar-refractivity contribution < 1.29 is 14.3 Å². The van der Waals surface area contributed by atoms with Crippen LogP contribution in [0, 0.1) is 6.92 Å². The van der Waals surface area contributed by atoms with E-state index in [1.807, 2.05) is 30.3 Å². The molecule has 3 rings (SSSR count). The molecule has 138 valence electrons. The Kier molecular flexibility index (Phi) is 5.85. The van der Waals surface area contributed by atoms with Gasteiger partial charge in [-0.1, -0.05) is 30.3 Å². The van der Waals surface area contributed by atoms with Crippen molar-refractivity contribution in [3.8, 4) is 0 Å². The second-order valence-corrected chi connectivity index (χ2v) is 6.74. The number of aliphatic hydroxyl groups is 1. The van der Waals surface area contributed by atoms with Gasteiger partial charge >= 0.3 is 5.63 Å². The molecule has 3 N–H and O–H groups in total. The van der Waals surface area contributed by atoms with Gasteiger partial charge in [0.15, 0.2) is 0 Å². The van der Waals surface area contributed by atoms with Crippen LogP contribution in [-0.2, 0) is 12.8 Å². The Bertz CT molecular complexity index is 816. The third-order valence-corrected chi connectivity index (χ3v) is 4.71. The highest BCUT2D eigenvalue weighted by Gasteiger charge is 2.26.